The highest BCUT2D eigenvalue weighted by atomic mass is 19.3. The number of benzene rings is 1. The fourth-order valence-corrected chi connectivity index (χ4v) is 1.87. The number of halogens is 3. The lowest BCUT2D eigenvalue weighted by Crippen LogP contribution is -2.45. The van der Waals surface area contributed by atoms with Gasteiger partial charge in [0.2, 0.25) is 0 Å². The second-order valence-electron chi connectivity index (χ2n) is 4.06. The van der Waals surface area contributed by atoms with Gasteiger partial charge in [-0.05, 0) is 18.2 Å². The lowest BCUT2D eigenvalue weighted by Gasteiger charge is -2.33. The minimum atomic E-state index is -2.95. The number of anilines is 1. The lowest BCUT2D eigenvalue weighted by molar-refractivity contribution is -0.0145. The van der Waals surface area contributed by atoms with Gasteiger partial charge in [-0.25, -0.2) is 13.2 Å². The van der Waals surface area contributed by atoms with Crippen LogP contribution in [0.2, 0.25) is 0 Å². The summed E-state index contributed by atoms with van der Waals surface area (Å²) in [6.45, 7) is -0.482. The molecular weight excluding hydrogens is 247 g/mol. The van der Waals surface area contributed by atoms with E-state index in [1.165, 1.54) is 6.07 Å². The van der Waals surface area contributed by atoms with Crippen molar-refractivity contribution < 1.29 is 17.9 Å². The molecule has 1 aliphatic heterocycles. The van der Waals surface area contributed by atoms with Crippen LogP contribution in [0.3, 0.4) is 0 Å². The minimum Gasteiger partial charge on any atom is -0.399 e. The molecule has 0 amide bonds. The van der Waals surface area contributed by atoms with E-state index in [4.69, 9.17) is 16.2 Å². The van der Waals surface area contributed by atoms with Gasteiger partial charge in [0.15, 0.2) is 5.54 Å². The predicted molar refractivity (Wildman–Crippen MR) is 60.9 cm³/mol. The molecule has 0 aliphatic carbocycles. The predicted octanol–water partition coefficient (Wildman–Crippen LogP) is 1.26. The first-order valence-electron chi connectivity index (χ1n) is 5.21. The lowest BCUT2D eigenvalue weighted by atomic mass is 9.90. The molecule has 0 saturated heterocycles. The van der Waals surface area contributed by atoms with E-state index in [1.54, 1.807) is 0 Å². The fraction of sp³-hybridized carbons (Fsp3) is 0.364. The van der Waals surface area contributed by atoms with Crippen LogP contribution in [0.15, 0.2) is 23.2 Å². The third kappa shape index (κ3) is 2.01. The highest BCUT2D eigenvalue weighted by Gasteiger charge is 2.46. The van der Waals surface area contributed by atoms with Crippen LogP contribution in [0.5, 0.6) is 0 Å². The largest absolute Gasteiger partial charge is 0.399 e. The number of nitrogens with two attached hydrogens (primary N) is 2. The van der Waals surface area contributed by atoms with Gasteiger partial charge in [-0.15, -0.1) is 0 Å². The normalized spacial score (nSPS) is 24.1. The molecule has 0 spiro atoms. The van der Waals surface area contributed by atoms with Gasteiger partial charge >= 0.3 is 0 Å². The summed E-state index contributed by atoms with van der Waals surface area (Å²) in [5.74, 6) is -0.907. The monoisotopic (exact) mass is 259 g/mol. The third-order valence-corrected chi connectivity index (χ3v) is 2.73. The molecule has 4 N–H and O–H groups in total. The first-order valence-corrected chi connectivity index (χ1v) is 5.21. The van der Waals surface area contributed by atoms with Crippen LogP contribution in [0.4, 0.5) is 18.9 Å². The van der Waals surface area contributed by atoms with Crippen molar-refractivity contribution in [2.45, 2.75) is 12.0 Å². The zero-order chi connectivity index (χ0) is 13.3. The molecule has 7 heteroatoms. The molecule has 0 fully saturated rings. The molecule has 0 aromatic heterocycles. The van der Waals surface area contributed by atoms with E-state index in [1.807, 2.05) is 0 Å². The van der Waals surface area contributed by atoms with E-state index in [2.05, 4.69) is 4.99 Å². The standard InChI is InChI=1S/C11H12F3N3O/c12-8-2-1-6(15)3-7(8)11(10(13)14)5-18-4-9(16)17-11/h1-3,10H,4-5,15H2,(H2,16,17)/t11-/m1/s1. The molecule has 4 nitrogen and oxygen atoms in total. The highest BCUT2D eigenvalue weighted by Crippen LogP contribution is 2.37. The Bertz CT molecular complexity index is 492. The molecule has 0 bridgehead atoms. The van der Waals surface area contributed by atoms with Crippen molar-refractivity contribution in [3.63, 3.8) is 0 Å². The Labute approximate surface area is 101 Å². The fourth-order valence-electron chi connectivity index (χ4n) is 1.87. The summed E-state index contributed by atoms with van der Waals surface area (Å²) in [5.41, 5.74) is 8.65. The van der Waals surface area contributed by atoms with Crippen LogP contribution in [-0.2, 0) is 10.3 Å². The van der Waals surface area contributed by atoms with Crippen LogP contribution in [0.1, 0.15) is 5.56 Å². The Hall–Kier alpha value is -1.76. The van der Waals surface area contributed by atoms with Gasteiger partial charge in [-0.3, -0.25) is 4.99 Å². The van der Waals surface area contributed by atoms with Crippen LogP contribution in [-0.4, -0.2) is 25.5 Å². The quantitative estimate of drug-likeness (QED) is 0.785. The van der Waals surface area contributed by atoms with Crippen LogP contribution >= 0.6 is 0 Å². The molecule has 0 saturated carbocycles. The van der Waals surface area contributed by atoms with Crippen molar-refractivity contribution in [2.75, 3.05) is 18.9 Å². The molecule has 1 aliphatic rings. The number of rotatable bonds is 2. The maximum Gasteiger partial charge on any atom is 0.269 e. The Kier molecular flexibility index (Phi) is 3.16. The molecule has 0 radical (unpaired) electrons. The maximum atomic E-state index is 13.7. The number of aliphatic imine (C=N–C) groups is 1. The van der Waals surface area contributed by atoms with Gasteiger partial charge < -0.3 is 16.2 Å². The number of ether oxygens (including phenoxy) is 1. The summed E-state index contributed by atoms with van der Waals surface area (Å²) in [6, 6.07) is 3.44. The summed E-state index contributed by atoms with van der Waals surface area (Å²) in [5, 5.41) is 0. The number of amidine groups is 1. The smallest absolute Gasteiger partial charge is 0.269 e. The summed E-state index contributed by atoms with van der Waals surface area (Å²) in [7, 11) is 0. The molecule has 1 aromatic carbocycles. The molecule has 1 aromatic rings. The minimum absolute atomic E-state index is 0.0432. The van der Waals surface area contributed by atoms with Crippen molar-refractivity contribution in [3.05, 3.63) is 29.6 Å². The van der Waals surface area contributed by atoms with Gasteiger partial charge in [0, 0.05) is 11.3 Å². The second kappa shape index (κ2) is 4.49. The van der Waals surface area contributed by atoms with Gasteiger partial charge in [0.25, 0.3) is 6.43 Å². The Morgan fingerprint density at radius 1 is 1.33 bits per heavy atom. The van der Waals surface area contributed by atoms with Crippen molar-refractivity contribution in [1.82, 2.24) is 0 Å². The number of hydrogen-bond acceptors (Lipinski definition) is 4. The number of hydrogen-bond donors (Lipinski definition) is 2. The number of alkyl halides is 2. The van der Waals surface area contributed by atoms with Crippen molar-refractivity contribution in [1.29, 1.82) is 0 Å². The van der Waals surface area contributed by atoms with Gasteiger partial charge in [-0.1, -0.05) is 0 Å². The van der Waals surface area contributed by atoms with E-state index >= 15 is 0 Å². The first-order chi connectivity index (χ1) is 8.45. The molecule has 1 heterocycles. The van der Waals surface area contributed by atoms with Gasteiger partial charge in [-0.2, -0.15) is 0 Å². The van der Waals surface area contributed by atoms with Crippen LogP contribution < -0.4 is 11.5 Å². The Balaban J connectivity index is 2.61. The molecule has 98 valence electrons. The number of nitrogens with zero attached hydrogens (tertiary/aromatic N) is 1. The van der Waals surface area contributed by atoms with Crippen molar-refractivity contribution in [2.24, 2.45) is 10.7 Å². The molecule has 1 atom stereocenters. The molecular formula is C11H12F3N3O. The van der Waals surface area contributed by atoms with Crippen molar-refractivity contribution >= 4 is 11.5 Å². The maximum absolute atomic E-state index is 13.7. The number of nitrogen functional groups attached to an aromatic ring is 1. The average molecular weight is 259 g/mol. The molecule has 18 heavy (non-hydrogen) atoms. The summed E-state index contributed by atoms with van der Waals surface area (Å²) >= 11 is 0. The van der Waals surface area contributed by atoms with Crippen LogP contribution in [0, 0.1) is 5.82 Å². The first kappa shape index (κ1) is 12.7. The van der Waals surface area contributed by atoms with Crippen molar-refractivity contribution in [3.8, 4) is 0 Å². The third-order valence-electron chi connectivity index (χ3n) is 2.73. The van der Waals surface area contributed by atoms with Gasteiger partial charge in [0.1, 0.15) is 18.3 Å². The van der Waals surface area contributed by atoms with E-state index in [0.29, 0.717) is 0 Å². The summed E-state index contributed by atoms with van der Waals surface area (Å²) in [4.78, 5) is 3.71. The van der Waals surface area contributed by atoms with E-state index < -0.39 is 24.4 Å². The SMILES string of the molecule is NC1=N[C@](c2cc(N)ccc2F)(C(F)F)COC1. The average Bonchev–Trinajstić information content (AvgIpc) is 2.32. The molecule has 2 rings (SSSR count). The highest BCUT2D eigenvalue weighted by molar-refractivity contribution is 5.82. The Morgan fingerprint density at radius 3 is 2.67 bits per heavy atom. The zero-order valence-electron chi connectivity index (χ0n) is 9.37. The van der Waals surface area contributed by atoms with E-state index in [0.717, 1.165) is 12.1 Å². The van der Waals surface area contributed by atoms with E-state index in [9.17, 15) is 13.2 Å². The molecule has 0 unspecified atom stereocenters. The van der Waals surface area contributed by atoms with Gasteiger partial charge in [0.05, 0.1) is 6.61 Å². The summed E-state index contributed by atoms with van der Waals surface area (Å²) < 4.78 is 45.3. The van der Waals surface area contributed by atoms with Crippen LogP contribution in [0.25, 0.3) is 0 Å². The second-order valence-corrected chi connectivity index (χ2v) is 4.06. The Morgan fingerprint density at radius 2 is 2.06 bits per heavy atom. The zero-order valence-corrected chi connectivity index (χ0v) is 9.37. The van der Waals surface area contributed by atoms with E-state index in [-0.39, 0.29) is 23.7 Å². The summed E-state index contributed by atoms with van der Waals surface area (Å²) in [6.07, 6.45) is -2.95. The topological polar surface area (TPSA) is 73.6 Å².